The van der Waals surface area contributed by atoms with E-state index in [0.29, 0.717) is 32.6 Å². The molecule has 6 nitrogen and oxygen atoms in total. The number of hydrogen-bond donors (Lipinski definition) is 1. The topological polar surface area (TPSA) is 84.5 Å². The third-order valence-electron chi connectivity index (χ3n) is 4.53. The fourth-order valence-electron chi connectivity index (χ4n) is 3.10. The molecule has 30 heavy (non-hydrogen) atoms. The fourth-order valence-corrected chi connectivity index (χ4v) is 3.10. The average Bonchev–Trinajstić information content (AvgIpc) is 3.11. The van der Waals surface area contributed by atoms with Crippen molar-refractivity contribution in [3.05, 3.63) is 72.1 Å². The molecule has 1 atom stereocenters. The van der Waals surface area contributed by atoms with Crippen LogP contribution in [0, 0.1) is 11.3 Å². The monoisotopic (exact) mass is 408 g/mol. The molecule has 1 aromatic carbocycles. The summed E-state index contributed by atoms with van der Waals surface area (Å²) in [7, 11) is 0. The molecule has 0 aliphatic heterocycles. The van der Waals surface area contributed by atoms with Gasteiger partial charge in [0.05, 0.1) is 19.0 Å². The van der Waals surface area contributed by atoms with Crippen LogP contribution in [0.1, 0.15) is 30.2 Å². The molecule has 2 rings (SSSR count). The first-order valence-corrected chi connectivity index (χ1v) is 9.97. The molecule has 1 unspecified atom stereocenters. The van der Waals surface area contributed by atoms with Gasteiger partial charge in [-0.05, 0) is 48.7 Å². The van der Waals surface area contributed by atoms with Crippen molar-refractivity contribution in [3.63, 3.8) is 0 Å². The lowest BCUT2D eigenvalue weighted by Gasteiger charge is -2.13. The van der Waals surface area contributed by atoms with Gasteiger partial charge in [0, 0.05) is 24.9 Å². The van der Waals surface area contributed by atoms with E-state index < -0.39 is 12.1 Å². The molecule has 0 spiro atoms. The van der Waals surface area contributed by atoms with Gasteiger partial charge >= 0.3 is 5.97 Å². The molecule has 0 amide bonds. The van der Waals surface area contributed by atoms with E-state index in [1.54, 1.807) is 6.92 Å². The van der Waals surface area contributed by atoms with Gasteiger partial charge in [-0.15, -0.1) is 6.58 Å². The van der Waals surface area contributed by atoms with Gasteiger partial charge in [0.2, 0.25) is 0 Å². The number of nitriles is 1. The summed E-state index contributed by atoms with van der Waals surface area (Å²) in [6, 6.07) is 11.6. The standard InChI is InChI=1S/C24H28N2O4/c1-3-7-20-13-15-26(22(20)8-5-6-14-25)16-17-30-21-11-9-19(10-12-21)18-23(24(27)28)29-4-2/h3,5,8-13,15,23H,1,4,6-7,16-18H2,2H3,(H,27,28)/b8-5-. The largest absolute Gasteiger partial charge is 0.492 e. The smallest absolute Gasteiger partial charge is 0.333 e. The van der Waals surface area contributed by atoms with Gasteiger partial charge in [-0.2, -0.15) is 5.26 Å². The number of aromatic nitrogens is 1. The van der Waals surface area contributed by atoms with E-state index in [1.165, 1.54) is 0 Å². The van der Waals surface area contributed by atoms with Gasteiger partial charge in [-0.25, -0.2) is 4.79 Å². The van der Waals surface area contributed by atoms with Crippen molar-refractivity contribution in [2.24, 2.45) is 0 Å². The Morgan fingerprint density at radius 2 is 2.10 bits per heavy atom. The van der Waals surface area contributed by atoms with Crippen molar-refractivity contribution in [1.82, 2.24) is 4.57 Å². The number of nitrogens with zero attached hydrogens (tertiary/aromatic N) is 2. The van der Waals surface area contributed by atoms with Crippen LogP contribution in [-0.4, -0.2) is 35.0 Å². The maximum atomic E-state index is 11.2. The molecule has 0 saturated heterocycles. The molecule has 0 aliphatic rings. The number of hydrogen-bond acceptors (Lipinski definition) is 4. The number of carboxylic acid groups (broad SMARTS) is 1. The molecule has 6 heteroatoms. The number of carboxylic acids is 1. The van der Waals surface area contributed by atoms with Crippen LogP contribution in [0.25, 0.3) is 6.08 Å². The van der Waals surface area contributed by atoms with Crippen molar-refractivity contribution in [2.45, 2.75) is 38.8 Å². The highest BCUT2D eigenvalue weighted by Crippen LogP contribution is 2.17. The third kappa shape index (κ3) is 6.94. The van der Waals surface area contributed by atoms with Gasteiger partial charge in [0.15, 0.2) is 6.10 Å². The van der Waals surface area contributed by atoms with Gasteiger partial charge in [0.25, 0.3) is 0 Å². The highest BCUT2D eigenvalue weighted by Gasteiger charge is 2.17. The molecule has 2 aromatic rings. The first-order valence-electron chi connectivity index (χ1n) is 9.97. The van der Waals surface area contributed by atoms with Gasteiger partial charge in [-0.1, -0.05) is 24.3 Å². The second-order valence-corrected chi connectivity index (χ2v) is 6.66. The van der Waals surface area contributed by atoms with E-state index in [1.807, 2.05) is 48.7 Å². The van der Waals surface area contributed by atoms with Crippen LogP contribution in [0.15, 0.2) is 55.3 Å². The van der Waals surface area contributed by atoms with Gasteiger partial charge < -0.3 is 19.1 Å². The Labute approximate surface area is 177 Å². The molecular weight excluding hydrogens is 380 g/mol. The normalized spacial score (nSPS) is 11.9. The Kier molecular flexibility index (Phi) is 9.43. The lowest BCUT2D eigenvalue weighted by atomic mass is 10.1. The van der Waals surface area contributed by atoms with Crippen molar-refractivity contribution >= 4 is 12.0 Å². The average molecular weight is 408 g/mol. The van der Waals surface area contributed by atoms with Crippen molar-refractivity contribution < 1.29 is 19.4 Å². The van der Waals surface area contributed by atoms with Crippen LogP contribution in [0.5, 0.6) is 5.75 Å². The van der Waals surface area contributed by atoms with E-state index >= 15 is 0 Å². The Morgan fingerprint density at radius 1 is 1.33 bits per heavy atom. The number of benzene rings is 1. The minimum Gasteiger partial charge on any atom is -0.492 e. The van der Waals surface area contributed by atoms with Crippen LogP contribution in [-0.2, 0) is 28.9 Å². The number of aliphatic carboxylic acids is 1. The number of carbonyl (C=O) groups is 1. The Balaban J connectivity index is 1.94. The maximum absolute atomic E-state index is 11.2. The highest BCUT2D eigenvalue weighted by molar-refractivity contribution is 5.72. The molecule has 0 bridgehead atoms. The number of allylic oxidation sites excluding steroid dienone is 2. The predicted molar refractivity (Wildman–Crippen MR) is 116 cm³/mol. The first kappa shape index (κ1) is 23.0. The van der Waals surface area contributed by atoms with E-state index in [4.69, 9.17) is 14.7 Å². The number of ether oxygens (including phenoxy) is 2. The quantitative estimate of drug-likeness (QED) is 0.501. The summed E-state index contributed by atoms with van der Waals surface area (Å²) in [6.07, 6.45) is 8.30. The molecule has 1 heterocycles. The molecule has 0 radical (unpaired) electrons. The zero-order valence-corrected chi connectivity index (χ0v) is 17.3. The Morgan fingerprint density at radius 3 is 2.73 bits per heavy atom. The Hall–Kier alpha value is -3.30. The summed E-state index contributed by atoms with van der Waals surface area (Å²) in [5.41, 5.74) is 3.10. The summed E-state index contributed by atoms with van der Waals surface area (Å²) >= 11 is 0. The SMILES string of the molecule is C=CCc1ccn(CCOc2ccc(CC(OCC)C(=O)O)cc2)c1/C=C\CC#N. The van der Waals surface area contributed by atoms with Crippen molar-refractivity contribution in [1.29, 1.82) is 5.26 Å². The summed E-state index contributed by atoms with van der Waals surface area (Å²) in [6.45, 7) is 7.09. The molecular formula is C24H28N2O4. The summed E-state index contributed by atoms with van der Waals surface area (Å²) in [4.78, 5) is 11.2. The van der Waals surface area contributed by atoms with E-state index in [-0.39, 0.29) is 0 Å². The zero-order valence-electron chi connectivity index (χ0n) is 17.3. The highest BCUT2D eigenvalue weighted by atomic mass is 16.5. The van der Waals surface area contributed by atoms with Gasteiger partial charge in [-0.3, -0.25) is 0 Å². The van der Waals surface area contributed by atoms with Crippen molar-refractivity contribution in [2.75, 3.05) is 13.2 Å². The zero-order chi connectivity index (χ0) is 21.8. The molecule has 1 aromatic heterocycles. The summed E-state index contributed by atoms with van der Waals surface area (Å²) in [5.74, 6) is -0.235. The van der Waals surface area contributed by atoms with Gasteiger partial charge in [0.1, 0.15) is 12.4 Å². The van der Waals surface area contributed by atoms with E-state index in [2.05, 4.69) is 23.3 Å². The minimum atomic E-state index is -0.959. The van der Waals surface area contributed by atoms with E-state index in [9.17, 15) is 9.90 Å². The van der Waals surface area contributed by atoms with Crippen molar-refractivity contribution in [3.8, 4) is 11.8 Å². The molecule has 0 aliphatic carbocycles. The summed E-state index contributed by atoms with van der Waals surface area (Å²) in [5, 5.41) is 17.9. The van der Waals surface area contributed by atoms with Crippen LogP contribution < -0.4 is 4.74 Å². The Bertz CT molecular complexity index is 891. The molecule has 0 fully saturated rings. The minimum absolute atomic E-state index is 0.317. The van der Waals surface area contributed by atoms with Crippen LogP contribution in [0.4, 0.5) is 0 Å². The summed E-state index contributed by atoms with van der Waals surface area (Å²) < 4.78 is 13.2. The van der Waals surface area contributed by atoms with Crippen LogP contribution in [0.2, 0.25) is 0 Å². The van der Waals surface area contributed by atoms with Crippen LogP contribution in [0.3, 0.4) is 0 Å². The predicted octanol–water partition coefficient (Wildman–Crippen LogP) is 4.25. The lowest BCUT2D eigenvalue weighted by molar-refractivity contribution is -0.149. The number of rotatable bonds is 13. The van der Waals surface area contributed by atoms with E-state index in [0.717, 1.165) is 29.0 Å². The molecule has 1 N–H and O–H groups in total. The molecule has 158 valence electrons. The first-order chi connectivity index (χ1) is 14.6. The fraction of sp³-hybridized carbons (Fsp3) is 0.333. The second-order valence-electron chi connectivity index (χ2n) is 6.66. The second kappa shape index (κ2) is 12.3. The third-order valence-corrected chi connectivity index (χ3v) is 4.53. The molecule has 0 saturated carbocycles. The maximum Gasteiger partial charge on any atom is 0.333 e. The van der Waals surface area contributed by atoms with Crippen LogP contribution >= 0.6 is 0 Å². The lowest BCUT2D eigenvalue weighted by Crippen LogP contribution is -2.26.